The van der Waals surface area contributed by atoms with Crippen molar-refractivity contribution in [2.75, 3.05) is 36.1 Å². The number of nitrogens with one attached hydrogen (secondary N) is 3. The first-order chi connectivity index (χ1) is 14.2. The van der Waals surface area contributed by atoms with Crippen molar-refractivity contribution in [1.82, 2.24) is 4.72 Å². The Labute approximate surface area is 176 Å². The third kappa shape index (κ3) is 7.10. The van der Waals surface area contributed by atoms with Gasteiger partial charge in [0, 0.05) is 30.6 Å². The molecule has 0 unspecified atom stereocenters. The molecule has 0 aromatic heterocycles. The van der Waals surface area contributed by atoms with Crippen LogP contribution in [-0.2, 0) is 24.8 Å². The van der Waals surface area contributed by atoms with Crippen molar-refractivity contribution in [2.24, 2.45) is 0 Å². The van der Waals surface area contributed by atoms with Crippen molar-refractivity contribution >= 4 is 37.3 Å². The highest BCUT2D eigenvalue weighted by atomic mass is 32.2. The molecule has 0 atom stereocenters. The van der Waals surface area contributed by atoms with Crippen LogP contribution in [0.4, 0.5) is 11.4 Å². The summed E-state index contributed by atoms with van der Waals surface area (Å²) in [5, 5.41) is 2.65. The van der Waals surface area contributed by atoms with Gasteiger partial charge in [-0.15, -0.1) is 0 Å². The van der Waals surface area contributed by atoms with Crippen molar-refractivity contribution in [1.29, 1.82) is 0 Å². The Bertz CT molecular complexity index is 1070. The largest absolute Gasteiger partial charge is 0.383 e. The normalized spacial score (nSPS) is 11.8. The highest BCUT2D eigenvalue weighted by Crippen LogP contribution is 2.17. The zero-order valence-corrected chi connectivity index (χ0v) is 18.3. The molecule has 0 saturated heterocycles. The second kappa shape index (κ2) is 10.5. The van der Waals surface area contributed by atoms with E-state index in [1.165, 1.54) is 43.5 Å². The van der Waals surface area contributed by atoms with Gasteiger partial charge in [0.15, 0.2) is 0 Å². The van der Waals surface area contributed by atoms with E-state index in [1.807, 2.05) is 0 Å². The van der Waals surface area contributed by atoms with Crippen LogP contribution in [0.3, 0.4) is 0 Å². The molecule has 3 N–H and O–H groups in total. The van der Waals surface area contributed by atoms with E-state index in [9.17, 15) is 21.6 Å². The number of rotatable bonds is 11. The quantitative estimate of drug-likeness (QED) is 0.444. The lowest BCUT2D eigenvalue weighted by Crippen LogP contribution is -2.27. The fourth-order valence-corrected chi connectivity index (χ4v) is 4.68. The highest BCUT2D eigenvalue weighted by Gasteiger charge is 2.16. The van der Waals surface area contributed by atoms with Gasteiger partial charge in [-0.2, -0.15) is 0 Å². The summed E-state index contributed by atoms with van der Waals surface area (Å²) in [4.78, 5) is 12.5. The van der Waals surface area contributed by atoms with E-state index >= 15 is 0 Å². The third-order valence-corrected chi connectivity index (χ3v) is 6.84. The second-order valence-electron chi connectivity index (χ2n) is 6.37. The second-order valence-corrected chi connectivity index (χ2v) is 9.98. The Kier molecular flexibility index (Phi) is 8.35. The SMILES string of the molecule is CCCS(=O)(=O)Nc1ccc(NC(=O)c2cccc(S(=O)(=O)NCCOC)c2)cc1. The van der Waals surface area contributed by atoms with Crippen LogP contribution in [0.5, 0.6) is 0 Å². The number of benzene rings is 2. The number of carbonyl (C=O) groups is 1. The van der Waals surface area contributed by atoms with Gasteiger partial charge in [-0.05, 0) is 48.9 Å². The molecule has 2 aromatic carbocycles. The molecule has 0 aliphatic rings. The molecule has 0 aliphatic heterocycles. The van der Waals surface area contributed by atoms with E-state index < -0.39 is 26.0 Å². The number of amides is 1. The number of ether oxygens (including phenoxy) is 1. The predicted molar refractivity (Wildman–Crippen MR) is 116 cm³/mol. The molecule has 0 fully saturated rings. The zero-order chi connectivity index (χ0) is 22.2. The third-order valence-electron chi connectivity index (χ3n) is 3.89. The maximum Gasteiger partial charge on any atom is 0.255 e. The van der Waals surface area contributed by atoms with Crippen LogP contribution >= 0.6 is 0 Å². The van der Waals surface area contributed by atoms with Gasteiger partial charge in [0.1, 0.15) is 0 Å². The average molecular weight is 456 g/mol. The summed E-state index contributed by atoms with van der Waals surface area (Å²) in [6.45, 7) is 2.11. The lowest BCUT2D eigenvalue weighted by molar-refractivity contribution is 0.102. The van der Waals surface area contributed by atoms with Gasteiger partial charge in [-0.3, -0.25) is 9.52 Å². The minimum atomic E-state index is -3.76. The standard InChI is InChI=1S/C19H25N3O6S2/c1-3-13-29(24,25)22-17-9-7-16(8-10-17)21-19(23)15-5-4-6-18(14-15)30(26,27)20-11-12-28-2/h4-10,14,20,22H,3,11-13H2,1-2H3,(H,21,23). The van der Waals surface area contributed by atoms with Crippen LogP contribution < -0.4 is 14.8 Å². The van der Waals surface area contributed by atoms with Crippen LogP contribution in [0.1, 0.15) is 23.7 Å². The first-order valence-electron chi connectivity index (χ1n) is 9.17. The van der Waals surface area contributed by atoms with E-state index in [0.29, 0.717) is 17.8 Å². The van der Waals surface area contributed by atoms with Crippen molar-refractivity contribution in [3.63, 3.8) is 0 Å². The minimum Gasteiger partial charge on any atom is -0.383 e. The van der Waals surface area contributed by atoms with Crippen molar-refractivity contribution in [3.8, 4) is 0 Å². The van der Waals surface area contributed by atoms with Gasteiger partial charge in [0.2, 0.25) is 20.0 Å². The summed E-state index contributed by atoms with van der Waals surface area (Å²) in [5.41, 5.74) is 0.985. The Morgan fingerprint density at radius 2 is 1.67 bits per heavy atom. The molecule has 2 aromatic rings. The Hall–Kier alpha value is -2.47. The van der Waals surface area contributed by atoms with Crippen LogP contribution in [0.2, 0.25) is 0 Å². The van der Waals surface area contributed by atoms with E-state index in [2.05, 4.69) is 14.8 Å². The highest BCUT2D eigenvalue weighted by molar-refractivity contribution is 7.92. The maximum absolute atomic E-state index is 12.5. The van der Waals surface area contributed by atoms with Crippen molar-refractivity contribution < 1.29 is 26.4 Å². The van der Waals surface area contributed by atoms with Crippen LogP contribution in [-0.4, -0.2) is 48.8 Å². The van der Waals surface area contributed by atoms with E-state index in [0.717, 1.165) is 0 Å². The molecule has 1 amide bonds. The van der Waals surface area contributed by atoms with Gasteiger partial charge >= 0.3 is 0 Å². The lowest BCUT2D eigenvalue weighted by atomic mass is 10.2. The first kappa shape index (κ1) is 23.8. The van der Waals surface area contributed by atoms with Gasteiger partial charge in [0.05, 0.1) is 17.3 Å². The maximum atomic E-state index is 12.5. The molecule has 0 aliphatic carbocycles. The van der Waals surface area contributed by atoms with Crippen LogP contribution in [0, 0.1) is 0 Å². The Morgan fingerprint density at radius 1 is 1.00 bits per heavy atom. The molecule has 2 rings (SSSR count). The fourth-order valence-electron chi connectivity index (χ4n) is 2.49. The molecular formula is C19H25N3O6S2. The Balaban J connectivity index is 2.08. The van der Waals surface area contributed by atoms with Crippen molar-refractivity contribution in [2.45, 2.75) is 18.2 Å². The fraction of sp³-hybridized carbons (Fsp3) is 0.316. The summed E-state index contributed by atoms with van der Waals surface area (Å²) >= 11 is 0. The average Bonchev–Trinajstić information content (AvgIpc) is 2.69. The monoisotopic (exact) mass is 455 g/mol. The van der Waals surface area contributed by atoms with E-state index in [4.69, 9.17) is 4.74 Å². The molecule has 164 valence electrons. The van der Waals surface area contributed by atoms with Gasteiger partial charge in [-0.1, -0.05) is 13.0 Å². The van der Waals surface area contributed by atoms with Crippen molar-refractivity contribution in [3.05, 3.63) is 54.1 Å². The number of hydrogen-bond donors (Lipinski definition) is 3. The van der Waals surface area contributed by atoms with Gasteiger partial charge in [-0.25, -0.2) is 21.6 Å². The minimum absolute atomic E-state index is 0.0189. The number of hydrogen-bond acceptors (Lipinski definition) is 6. The number of carbonyl (C=O) groups excluding carboxylic acids is 1. The zero-order valence-electron chi connectivity index (χ0n) is 16.7. The number of sulfonamides is 2. The van der Waals surface area contributed by atoms with E-state index in [-0.39, 0.29) is 29.4 Å². The lowest BCUT2D eigenvalue weighted by Gasteiger charge is -2.10. The smallest absolute Gasteiger partial charge is 0.255 e. The molecule has 30 heavy (non-hydrogen) atoms. The van der Waals surface area contributed by atoms with Gasteiger partial charge < -0.3 is 10.1 Å². The predicted octanol–water partition coefficient (Wildman–Crippen LogP) is 2.02. The molecule has 0 saturated carbocycles. The molecule has 0 spiro atoms. The summed E-state index contributed by atoms with van der Waals surface area (Å²) in [7, 11) is -5.70. The molecule has 0 radical (unpaired) electrons. The van der Waals surface area contributed by atoms with E-state index in [1.54, 1.807) is 19.1 Å². The summed E-state index contributed by atoms with van der Waals surface area (Å²) < 4.78 is 57.8. The molecule has 9 nitrogen and oxygen atoms in total. The summed E-state index contributed by atoms with van der Waals surface area (Å²) in [6.07, 6.45) is 0.500. The molecule has 11 heteroatoms. The molecular weight excluding hydrogens is 430 g/mol. The number of anilines is 2. The Morgan fingerprint density at radius 3 is 2.30 bits per heavy atom. The van der Waals surface area contributed by atoms with Gasteiger partial charge in [0.25, 0.3) is 5.91 Å². The molecule has 0 heterocycles. The summed E-state index contributed by atoms with van der Waals surface area (Å²) in [5.74, 6) is -0.478. The first-order valence-corrected chi connectivity index (χ1v) is 12.3. The summed E-state index contributed by atoms with van der Waals surface area (Å²) in [6, 6.07) is 11.8. The molecule has 0 bridgehead atoms. The number of methoxy groups -OCH3 is 1. The van der Waals surface area contributed by atoms with Crippen LogP contribution in [0.15, 0.2) is 53.4 Å². The van der Waals surface area contributed by atoms with Crippen LogP contribution in [0.25, 0.3) is 0 Å². The topological polar surface area (TPSA) is 131 Å².